The van der Waals surface area contributed by atoms with E-state index in [1.54, 1.807) is 0 Å². The fourth-order valence-electron chi connectivity index (χ4n) is 4.61. The third-order valence-electron chi connectivity index (χ3n) is 6.35. The molecule has 0 aromatic heterocycles. The molecular weight excluding hydrogens is 376 g/mol. The summed E-state index contributed by atoms with van der Waals surface area (Å²) in [7, 11) is 0. The summed E-state index contributed by atoms with van der Waals surface area (Å²) in [6.45, 7) is 4.75. The molecule has 8 heteroatoms. The average Bonchev–Trinajstić information content (AvgIpc) is 3.15. The van der Waals surface area contributed by atoms with Gasteiger partial charge in [-0.15, -0.1) is 0 Å². The smallest absolute Gasteiger partial charge is 0.229 e. The second-order valence-electron chi connectivity index (χ2n) is 9.37. The minimum atomic E-state index is -0.885. The number of hydrogen-bond donors (Lipinski definition) is 4. The van der Waals surface area contributed by atoms with Crippen molar-refractivity contribution in [1.82, 2.24) is 21.5 Å². The topological polar surface area (TPSA) is 77.5 Å². The van der Waals surface area contributed by atoms with Crippen molar-refractivity contribution in [2.75, 3.05) is 6.54 Å². The number of guanidine groups is 1. The van der Waals surface area contributed by atoms with Gasteiger partial charge in [0.15, 0.2) is 5.96 Å². The molecular formula is C21H37F2N5O. The zero-order chi connectivity index (χ0) is 20.8. The predicted molar refractivity (Wildman–Crippen MR) is 111 cm³/mol. The number of carbonyl (C=O) groups excluding carboxylic acids is 1. The highest BCUT2D eigenvalue weighted by Gasteiger charge is 2.34. The standard InChI is InChI=1S/C21H37F2N5O/c1-13(2)12-24-21(26-20(29)15-4-3-5-17(23)10-15)25-19-11-18(27-28-19)14-6-8-16(22)9-7-14/h13-19,27-28H,3-12H2,1-2H3,(H2,24,25,26,29). The van der Waals surface area contributed by atoms with Crippen LogP contribution in [-0.2, 0) is 4.79 Å². The van der Waals surface area contributed by atoms with E-state index in [0.29, 0.717) is 50.0 Å². The average molecular weight is 414 g/mol. The highest BCUT2D eigenvalue weighted by molar-refractivity contribution is 5.98. The Hall–Kier alpha value is -1.28. The molecule has 1 amide bonds. The molecule has 166 valence electrons. The van der Waals surface area contributed by atoms with Crippen molar-refractivity contribution < 1.29 is 13.6 Å². The minimum absolute atomic E-state index is 0.0606. The molecule has 0 radical (unpaired) electrons. The van der Waals surface area contributed by atoms with Crippen LogP contribution in [0.3, 0.4) is 0 Å². The summed E-state index contributed by atoms with van der Waals surface area (Å²) in [5.41, 5.74) is 6.58. The first-order valence-electron chi connectivity index (χ1n) is 11.3. The summed E-state index contributed by atoms with van der Waals surface area (Å²) in [6, 6.07) is 0.285. The first-order valence-corrected chi connectivity index (χ1v) is 11.3. The number of halogens is 2. The molecule has 6 nitrogen and oxygen atoms in total. The lowest BCUT2D eigenvalue weighted by molar-refractivity contribution is -0.125. The summed E-state index contributed by atoms with van der Waals surface area (Å²) < 4.78 is 27.1. The van der Waals surface area contributed by atoms with E-state index in [9.17, 15) is 13.6 Å². The van der Waals surface area contributed by atoms with Crippen LogP contribution in [0, 0.1) is 17.8 Å². The Kier molecular flexibility index (Phi) is 8.24. The molecule has 0 aromatic carbocycles. The third kappa shape index (κ3) is 6.88. The van der Waals surface area contributed by atoms with E-state index >= 15 is 0 Å². The second kappa shape index (κ2) is 10.7. The lowest BCUT2D eigenvalue weighted by atomic mass is 9.82. The molecule has 0 bridgehead atoms. The van der Waals surface area contributed by atoms with E-state index in [2.05, 4.69) is 40.3 Å². The number of amides is 1. The Morgan fingerprint density at radius 2 is 1.79 bits per heavy atom. The summed E-state index contributed by atoms with van der Waals surface area (Å²) in [6.07, 6.45) is 4.69. The van der Waals surface area contributed by atoms with Gasteiger partial charge in [0.05, 0.1) is 6.17 Å². The fourth-order valence-corrected chi connectivity index (χ4v) is 4.61. The molecule has 4 atom stereocenters. The predicted octanol–water partition coefficient (Wildman–Crippen LogP) is 2.95. The van der Waals surface area contributed by atoms with Crippen LogP contribution in [0.2, 0.25) is 0 Å². The minimum Gasteiger partial charge on any atom is -0.339 e. The molecule has 3 aliphatic rings. The van der Waals surface area contributed by atoms with Gasteiger partial charge in [-0.05, 0) is 69.6 Å². The summed E-state index contributed by atoms with van der Waals surface area (Å²) in [5.74, 6) is 0.855. The third-order valence-corrected chi connectivity index (χ3v) is 6.35. The maximum atomic E-state index is 13.7. The monoisotopic (exact) mass is 413 g/mol. The number of hydrazine groups is 1. The normalized spacial score (nSPS) is 36.2. The van der Waals surface area contributed by atoms with Crippen LogP contribution in [0.5, 0.6) is 0 Å². The number of nitrogens with zero attached hydrogens (tertiary/aromatic N) is 1. The van der Waals surface area contributed by atoms with Gasteiger partial charge in [0, 0.05) is 18.5 Å². The van der Waals surface area contributed by atoms with Crippen molar-refractivity contribution in [2.24, 2.45) is 22.7 Å². The molecule has 1 heterocycles. The van der Waals surface area contributed by atoms with E-state index in [1.807, 2.05) is 0 Å². The zero-order valence-electron chi connectivity index (χ0n) is 17.7. The first-order chi connectivity index (χ1) is 13.9. The van der Waals surface area contributed by atoms with Crippen LogP contribution in [0.25, 0.3) is 0 Å². The van der Waals surface area contributed by atoms with Crippen LogP contribution in [0.15, 0.2) is 4.99 Å². The lowest BCUT2D eigenvalue weighted by Gasteiger charge is -2.28. The molecule has 2 aliphatic carbocycles. The van der Waals surface area contributed by atoms with E-state index < -0.39 is 12.3 Å². The maximum Gasteiger partial charge on any atom is 0.229 e. The number of carbonyl (C=O) groups is 1. The van der Waals surface area contributed by atoms with Crippen molar-refractivity contribution in [2.45, 2.75) is 96.2 Å². The van der Waals surface area contributed by atoms with Crippen LogP contribution in [0.1, 0.15) is 71.6 Å². The van der Waals surface area contributed by atoms with Crippen molar-refractivity contribution in [3.63, 3.8) is 0 Å². The van der Waals surface area contributed by atoms with Gasteiger partial charge in [-0.3, -0.25) is 20.5 Å². The number of rotatable bonds is 5. The van der Waals surface area contributed by atoms with Gasteiger partial charge in [-0.25, -0.2) is 14.2 Å². The molecule has 4 N–H and O–H groups in total. The van der Waals surface area contributed by atoms with Crippen LogP contribution >= 0.6 is 0 Å². The molecule has 4 unspecified atom stereocenters. The van der Waals surface area contributed by atoms with E-state index in [1.165, 1.54) is 0 Å². The lowest BCUT2D eigenvalue weighted by Crippen LogP contribution is -2.52. The van der Waals surface area contributed by atoms with Gasteiger partial charge in [0.1, 0.15) is 12.3 Å². The molecule has 29 heavy (non-hydrogen) atoms. The number of aliphatic imine (C=N–C) groups is 1. The Morgan fingerprint density at radius 1 is 1.03 bits per heavy atom. The number of alkyl halides is 2. The summed E-state index contributed by atoms with van der Waals surface area (Å²) in [4.78, 5) is 17.2. The Balaban J connectivity index is 1.53. The second-order valence-corrected chi connectivity index (χ2v) is 9.37. The fraction of sp³-hybridized carbons (Fsp3) is 0.905. The Morgan fingerprint density at radius 3 is 2.48 bits per heavy atom. The van der Waals surface area contributed by atoms with Crippen molar-refractivity contribution in [3.8, 4) is 0 Å². The highest BCUT2D eigenvalue weighted by atomic mass is 19.1. The number of hydrogen-bond acceptors (Lipinski definition) is 4. The molecule has 3 rings (SSSR count). The largest absolute Gasteiger partial charge is 0.339 e. The summed E-state index contributed by atoms with van der Waals surface area (Å²) in [5, 5.41) is 6.21. The van der Waals surface area contributed by atoms with Crippen LogP contribution < -0.4 is 21.5 Å². The Labute approximate surface area is 173 Å². The number of nitrogens with one attached hydrogen (secondary N) is 4. The van der Waals surface area contributed by atoms with E-state index in [0.717, 1.165) is 32.1 Å². The van der Waals surface area contributed by atoms with E-state index in [4.69, 9.17) is 0 Å². The zero-order valence-corrected chi connectivity index (χ0v) is 17.7. The highest BCUT2D eigenvalue weighted by Crippen LogP contribution is 2.31. The van der Waals surface area contributed by atoms with Gasteiger partial charge < -0.3 is 5.32 Å². The Bertz CT molecular complexity index is 565. The quantitative estimate of drug-likeness (QED) is 0.413. The maximum absolute atomic E-state index is 13.7. The SMILES string of the molecule is CC(C)CN=C(NC(=O)C1CCCC(F)C1)NC1CC(C2CCC(F)CC2)NN1. The molecule has 2 saturated carbocycles. The molecule has 1 aliphatic heterocycles. The van der Waals surface area contributed by atoms with Crippen molar-refractivity contribution >= 4 is 11.9 Å². The van der Waals surface area contributed by atoms with Crippen LogP contribution in [-0.4, -0.2) is 43.0 Å². The van der Waals surface area contributed by atoms with Gasteiger partial charge >= 0.3 is 0 Å². The van der Waals surface area contributed by atoms with Crippen molar-refractivity contribution in [3.05, 3.63) is 0 Å². The first kappa shape index (κ1) is 22.4. The molecule has 3 fully saturated rings. The van der Waals surface area contributed by atoms with E-state index in [-0.39, 0.29) is 24.0 Å². The van der Waals surface area contributed by atoms with Crippen molar-refractivity contribution in [1.29, 1.82) is 0 Å². The molecule has 0 aromatic rings. The van der Waals surface area contributed by atoms with Gasteiger partial charge in [-0.1, -0.05) is 13.8 Å². The molecule has 1 saturated heterocycles. The van der Waals surface area contributed by atoms with Gasteiger partial charge in [-0.2, -0.15) is 0 Å². The van der Waals surface area contributed by atoms with Gasteiger partial charge in [0.25, 0.3) is 0 Å². The molecule has 0 spiro atoms. The van der Waals surface area contributed by atoms with Crippen LogP contribution in [0.4, 0.5) is 8.78 Å². The summed E-state index contributed by atoms with van der Waals surface area (Å²) >= 11 is 0. The van der Waals surface area contributed by atoms with Gasteiger partial charge in [0.2, 0.25) is 5.91 Å².